The zero-order valence-electron chi connectivity index (χ0n) is 12.6. The Kier molecular flexibility index (Phi) is 5.68. The highest BCUT2D eigenvalue weighted by atomic mass is 32.2. The van der Waals surface area contributed by atoms with Crippen LogP contribution in [-0.2, 0) is 10.0 Å². The SMILES string of the molecule is CNc1ccc([N+](=O)[O-])cc1S(=O)(=O)NCC(C)C(C)C. The lowest BCUT2D eigenvalue weighted by atomic mass is 9.99. The summed E-state index contributed by atoms with van der Waals surface area (Å²) in [4.78, 5) is 10.1. The third-order valence-electron chi connectivity index (χ3n) is 3.47. The van der Waals surface area contributed by atoms with Gasteiger partial charge in [-0.25, -0.2) is 13.1 Å². The highest BCUT2D eigenvalue weighted by molar-refractivity contribution is 7.89. The first-order chi connectivity index (χ1) is 9.69. The molecule has 0 bridgehead atoms. The van der Waals surface area contributed by atoms with Crippen LogP contribution in [0.15, 0.2) is 23.1 Å². The molecule has 0 saturated carbocycles. The summed E-state index contributed by atoms with van der Waals surface area (Å²) < 4.78 is 27.2. The molecule has 7 nitrogen and oxygen atoms in total. The van der Waals surface area contributed by atoms with Crippen LogP contribution in [-0.4, -0.2) is 26.9 Å². The van der Waals surface area contributed by atoms with E-state index < -0.39 is 14.9 Å². The van der Waals surface area contributed by atoms with Gasteiger partial charge in [-0.1, -0.05) is 20.8 Å². The molecule has 1 aromatic carbocycles. The lowest BCUT2D eigenvalue weighted by Crippen LogP contribution is -2.30. The quantitative estimate of drug-likeness (QED) is 0.593. The van der Waals surface area contributed by atoms with Gasteiger partial charge in [-0.3, -0.25) is 10.1 Å². The molecule has 0 fully saturated rings. The number of hydrogen-bond donors (Lipinski definition) is 2. The van der Waals surface area contributed by atoms with Crippen molar-refractivity contribution >= 4 is 21.4 Å². The number of nitro groups is 1. The molecule has 2 N–H and O–H groups in total. The van der Waals surface area contributed by atoms with E-state index in [1.807, 2.05) is 20.8 Å². The second-order valence-electron chi connectivity index (χ2n) is 5.26. The number of benzene rings is 1. The van der Waals surface area contributed by atoms with E-state index in [0.29, 0.717) is 11.6 Å². The van der Waals surface area contributed by atoms with Crippen LogP contribution in [0.1, 0.15) is 20.8 Å². The van der Waals surface area contributed by atoms with Crippen molar-refractivity contribution in [1.82, 2.24) is 4.72 Å². The van der Waals surface area contributed by atoms with E-state index in [-0.39, 0.29) is 23.0 Å². The largest absolute Gasteiger partial charge is 0.387 e. The van der Waals surface area contributed by atoms with Crippen LogP contribution in [0, 0.1) is 22.0 Å². The lowest BCUT2D eigenvalue weighted by molar-refractivity contribution is -0.385. The zero-order chi connectivity index (χ0) is 16.2. The Bertz CT molecular complexity index is 614. The fraction of sp³-hybridized carbons (Fsp3) is 0.538. The third-order valence-corrected chi connectivity index (χ3v) is 4.93. The molecule has 8 heteroatoms. The second-order valence-corrected chi connectivity index (χ2v) is 7.00. The van der Waals surface area contributed by atoms with Crippen molar-refractivity contribution in [2.24, 2.45) is 11.8 Å². The molecule has 1 atom stereocenters. The van der Waals surface area contributed by atoms with E-state index in [4.69, 9.17) is 0 Å². The van der Waals surface area contributed by atoms with Crippen LogP contribution in [0.5, 0.6) is 0 Å². The standard InChI is InChI=1S/C13H21N3O4S/c1-9(2)10(3)8-15-21(19,20)13-7-11(16(17)18)5-6-12(13)14-4/h5-7,9-10,14-15H,8H2,1-4H3. The van der Waals surface area contributed by atoms with Crippen molar-refractivity contribution < 1.29 is 13.3 Å². The van der Waals surface area contributed by atoms with Gasteiger partial charge in [0.05, 0.1) is 10.6 Å². The molecule has 0 spiro atoms. The summed E-state index contributed by atoms with van der Waals surface area (Å²) in [6.07, 6.45) is 0. The molecule has 1 unspecified atom stereocenters. The summed E-state index contributed by atoms with van der Waals surface area (Å²) in [6, 6.07) is 3.72. The molecular weight excluding hydrogens is 294 g/mol. The fourth-order valence-corrected chi connectivity index (χ4v) is 2.98. The Morgan fingerprint density at radius 3 is 2.38 bits per heavy atom. The maximum atomic E-state index is 12.3. The first-order valence-corrected chi connectivity index (χ1v) is 8.13. The number of nitrogens with one attached hydrogen (secondary N) is 2. The number of rotatable bonds is 7. The molecular formula is C13H21N3O4S. The van der Waals surface area contributed by atoms with Gasteiger partial charge in [0.1, 0.15) is 4.90 Å². The molecule has 0 amide bonds. The first kappa shape index (κ1) is 17.4. The number of nitrogens with zero attached hydrogens (tertiary/aromatic N) is 1. The molecule has 0 heterocycles. The molecule has 1 rings (SSSR count). The average molecular weight is 315 g/mol. The first-order valence-electron chi connectivity index (χ1n) is 6.65. The van der Waals surface area contributed by atoms with Gasteiger partial charge in [0, 0.05) is 25.7 Å². The molecule has 21 heavy (non-hydrogen) atoms. The maximum Gasteiger partial charge on any atom is 0.270 e. The van der Waals surface area contributed by atoms with Crippen LogP contribution in [0.3, 0.4) is 0 Å². The minimum Gasteiger partial charge on any atom is -0.387 e. The van der Waals surface area contributed by atoms with E-state index in [1.165, 1.54) is 12.1 Å². The van der Waals surface area contributed by atoms with Crippen molar-refractivity contribution in [3.05, 3.63) is 28.3 Å². The van der Waals surface area contributed by atoms with Crippen LogP contribution < -0.4 is 10.0 Å². The zero-order valence-corrected chi connectivity index (χ0v) is 13.4. The van der Waals surface area contributed by atoms with Gasteiger partial charge in [0.15, 0.2) is 0 Å². The van der Waals surface area contributed by atoms with E-state index in [2.05, 4.69) is 10.0 Å². The summed E-state index contributed by atoms with van der Waals surface area (Å²) >= 11 is 0. The van der Waals surface area contributed by atoms with E-state index in [1.54, 1.807) is 7.05 Å². The summed E-state index contributed by atoms with van der Waals surface area (Å²) in [6.45, 7) is 6.24. The molecule has 0 aliphatic rings. The minimum atomic E-state index is -3.80. The number of anilines is 1. The Morgan fingerprint density at radius 2 is 1.90 bits per heavy atom. The molecule has 0 aliphatic heterocycles. The van der Waals surface area contributed by atoms with Crippen LogP contribution in [0.4, 0.5) is 11.4 Å². The number of nitro benzene ring substituents is 1. The monoisotopic (exact) mass is 315 g/mol. The Balaban J connectivity index is 3.11. The summed E-state index contributed by atoms with van der Waals surface area (Å²) in [5.41, 5.74) is 0.0663. The van der Waals surface area contributed by atoms with E-state index in [0.717, 1.165) is 6.07 Å². The minimum absolute atomic E-state index is 0.116. The highest BCUT2D eigenvalue weighted by Crippen LogP contribution is 2.26. The lowest BCUT2D eigenvalue weighted by Gasteiger charge is -2.17. The second kappa shape index (κ2) is 6.86. The van der Waals surface area contributed by atoms with Crippen molar-refractivity contribution in [2.45, 2.75) is 25.7 Å². The highest BCUT2D eigenvalue weighted by Gasteiger charge is 2.22. The molecule has 0 saturated heterocycles. The van der Waals surface area contributed by atoms with Gasteiger partial charge in [-0.2, -0.15) is 0 Å². The van der Waals surface area contributed by atoms with Crippen LogP contribution in [0.25, 0.3) is 0 Å². The van der Waals surface area contributed by atoms with Gasteiger partial charge in [0.2, 0.25) is 10.0 Å². The topological polar surface area (TPSA) is 101 Å². The van der Waals surface area contributed by atoms with Gasteiger partial charge in [-0.15, -0.1) is 0 Å². The fourth-order valence-electron chi connectivity index (χ4n) is 1.61. The number of sulfonamides is 1. The van der Waals surface area contributed by atoms with Gasteiger partial charge in [0.25, 0.3) is 5.69 Å². The molecule has 118 valence electrons. The van der Waals surface area contributed by atoms with E-state index >= 15 is 0 Å². The summed E-state index contributed by atoms with van der Waals surface area (Å²) in [7, 11) is -2.24. The Morgan fingerprint density at radius 1 is 1.29 bits per heavy atom. The smallest absolute Gasteiger partial charge is 0.270 e. The van der Waals surface area contributed by atoms with Crippen LogP contribution in [0.2, 0.25) is 0 Å². The molecule has 0 aromatic heterocycles. The van der Waals surface area contributed by atoms with Crippen LogP contribution >= 0.6 is 0 Å². The maximum absolute atomic E-state index is 12.3. The third kappa shape index (κ3) is 4.40. The Hall–Kier alpha value is -1.67. The van der Waals surface area contributed by atoms with Gasteiger partial charge >= 0.3 is 0 Å². The average Bonchev–Trinajstić information content (AvgIpc) is 2.43. The predicted octanol–water partition coefficient (Wildman–Crippen LogP) is 2.21. The number of hydrogen-bond acceptors (Lipinski definition) is 5. The predicted molar refractivity (Wildman–Crippen MR) is 81.8 cm³/mol. The van der Waals surface area contributed by atoms with Gasteiger partial charge < -0.3 is 5.32 Å². The van der Waals surface area contributed by atoms with Gasteiger partial charge in [-0.05, 0) is 17.9 Å². The summed E-state index contributed by atoms with van der Waals surface area (Å²) in [5.74, 6) is 0.498. The molecule has 0 aliphatic carbocycles. The van der Waals surface area contributed by atoms with Crippen molar-refractivity contribution in [2.75, 3.05) is 18.9 Å². The van der Waals surface area contributed by atoms with Crippen molar-refractivity contribution in [3.8, 4) is 0 Å². The van der Waals surface area contributed by atoms with Crippen molar-refractivity contribution in [1.29, 1.82) is 0 Å². The summed E-state index contributed by atoms with van der Waals surface area (Å²) in [5, 5.41) is 13.5. The normalized spacial score (nSPS) is 13.2. The van der Waals surface area contributed by atoms with E-state index in [9.17, 15) is 18.5 Å². The molecule has 1 aromatic rings. The molecule has 0 radical (unpaired) electrons. The number of non-ortho nitro benzene ring substituents is 1. The van der Waals surface area contributed by atoms with Crippen molar-refractivity contribution in [3.63, 3.8) is 0 Å². The Labute approximate surface area is 124 Å².